The Hall–Kier alpha value is -4.25. The zero-order valence-corrected chi connectivity index (χ0v) is 18.4. The molecule has 3 N–H and O–H groups in total. The topological polar surface area (TPSA) is 146 Å². The van der Waals surface area contributed by atoms with Gasteiger partial charge in [0.25, 0.3) is 5.91 Å². The van der Waals surface area contributed by atoms with Crippen molar-refractivity contribution in [3.05, 3.63) is 64.8 Å². The molecule has 0 radical (unpaired) electrons. The number of nitrogens with two attached hydrogens (primary N) is 1. The predicted octanol–water partition coefficient (Wildman–Crippen LogP) is 3.11. The summed E-state index contributed by atoms with van der Waals surface area (Å²) in [6.45, 7) is 4.10. The Kier molecular flexibility index (Phi) is 6.31. The second-order valence-corrected chi connectivity index (χ2v) is 7.22. The van der Waals surface area contributed by atoms with Crippen molar-refractivity contribution >= 4 is 29.0 Å². The molecule has 0 aliphatic carbocycles. The Morgan fingerprint density at radius 3 is 2.79 bits per heavy atom. The van der Waals surface area contributed by atoms with Crippen LogP contribution in [0, 0.1) is 0 Å². The van der Waals surface area contributed by atoms with Crippen molar-refractivity contribution in [3.63, 3.8) is 0 Å². The summed E-state index contributed by atoms with van der Waals surface area (Å²) in [6.07, 6.45) is 0. The van der Waals surface area contributed by atoms with E-state index in [9.17, 15) is 4.79 Å². The Balaban J connectivity index is 1.73. The van der Waals surface area contributed by atoms with E-state index in [4.69, 9.17) is 22.1 Å². The van der Waals surface area contributed by atoms with Gasteiger partial charge in [0.05, 0.1) is 12.3 Å². The SMILES string of the molecule is CCOc1cccc(-c2c(C(=O)NN=C(C)c3cccc(Cl)c3)nnn2-c2nonc2N)c1. The summed E-state index contributed by atoms with van der Waals surface area (Å²) < 4.78 is 11.5. The third kappa shape index (κ3) is 4.67. The zero-order chi connectivity index (χ0) is 23.4. The highest BCUT2D eigenvalue weighted by Crippen LogP contribution is 2.29. The summed E-state index contributed by atoms with van der Waals surface area (Å²) in [5.41, 5.74) is 10.6. The molecule has 1 amide bonds. The minimum Gasteiger partial charge on any atom is -0.494 e. The van der Waals surface area contributed by atoms with Gasteiger partial charge in [-0.3, -0.25) is 4.79 Å². The van der Waals surface area contributed by atoms with Gasteiger partial charge in [-0.2, -0.15) is 9.78 Å². The molecule has 4 aromatic rings. The average molecular weight is 467 g/mol. The van der Waals surface area contributed by atoms with Crippen molar-refractivity contribution in [1.29, 1.82) is 0 Å². The van der Waals surface area contributed by atoms with E-state index in [0.29, 0.717) is 34.3 Å². The third-order valence-corrected chi connectivity index (χ3v) is 4.80. The number of nitrogen functional groups attached to an aromatic ring is 1. The van der Waals surface area contributed by atoms with E-state index in [1.807, 2.05) is 13.0 Å². The lowest BCUT2D eigenvalue weighted by Crippen LogP contribution is -2.21. The molecule has 12 heteroatoms. The zero-order valence-electron chi connectivity index (χ0n) is 17.7. The molecular weight excluding hydrogens is 448 g/mol. The van der Waals surface area contributed by atoms with Crippen molar-refractivity contribution in [1.82, 2.24) is 30.7 Å². The maximum Gasteiger partial charge on any atom is 0.294 e. The van der Waals surface area contributed by atoms with Gasteiger partial charge in [0, 0.05) is 10.6 Å². The number of carbonyl (C=O) groups is 1. The van der Waals surface area contributed by atoms with E-state index in [-0.39, 0.29) is 17.3 Å². The van der Waals surface area contributed by atoms with Crippen LogP contribution in [0.25, 0.3) is 17.1 Å². The van der Waals surface area contributed by atoms with Crippen molar-refractivity contribution in [3.8, 4) is 22.8 Å². The minimum absolute atomic E-state index is 0.00584. The van der Waals surface area contributed by atoms with Crippen LogP contribution >= 0.6 is 11.6 Å². The monoisotopic (exact) mass is 466 g/mol. The summed E-state index contributed by atoms with van der Waals surface area (Å²) in [4.78, 5) is 13.0. The number of halogens is 1. The molecule has 0 aliphatic rings. The number of carbonyl (C=O) groups excluding carboxylic acids is 1. The van der Waals surface area contributed by atoms with Crippen LogP contribution in [0.1, 0.15) is 29.9 Å². The number of hydrogen-bond acceptors (Lipinski definition) is 9. The first kappa shape index (κ1) is 22.0. The van der Waals surface area contributed by atoms with Crippen LogP contribution in [-0.4, -0.2) is 43.5 Å². The Morgan fingerprint density at radius 2 is 2.06 bits per heavy atom. The van der Waals surface area contributed by atoms with Crippen LogP contribution in [0.5, 0.6) is 5.75 Å². The van der Waals surface area contributed by atoms with E-state index >= 15 is 0 Å². The standard InChI is InChI=1S/C21H19ClN8O3/c1-3-32-16-9-5-7-14(11-16)18-17(25-29-30(18)20-19(23)27-33-28-20)21(31)26-24-12(2)13-6-4-8-15(22)10-13/h4-11H,3H2,1-2H3,(H2,23,27)(H,26,31). The van der Waals surface area contributed by atoms with Crippen molar-refractivity contribution < 1.29 is 14.2 Å². The molecular formula is C21H19ClN8O3. The number of anilines is 1. The summed E-state index contributed by atoms with van der Waals surface area (Å²) >= 11 is 6.03. The van der Waals surface area contributed by atoms with Gasteiger partial charge in [0.15, 0.2) is 5.69 Å². The molecule has 4 rings (SSSR count). The summed E-state index contributed by atoms with van der Waals surface area (Å²) in [7, 11) is 0. The molecule has 0 atom stereocenters. The normalized spacial score (nSPS) is 11.4. The number of hydrogen-bond donors (Lipinski definition) is 2. The second kappa shape index (κ2) is 9.49. The highest BCUT2D eigenvalue weighted by Gasteiger charge is 2.25. The summed E-state index contributed by atoms with van der Waals surface area (Å²) in [5.74, 6) is 0.102. The Bertz CT molecular complexity index is 1330. The number of benzene rings is 2. The highest BCUT2D eigenvalue weighted by atomic mass is 35.5. The molecule has 2 heterocycles. The van der Waals surface area contributed by atoms with Crippen LogP contribution in [0.3, 0.4) is 0 Å². The molecule has 0 aliphatic heterocycles. The molecule has 11 nitrogen and oxygen atoms in total. The van der Waals surface area contributed by atoms with Crippen molar-refractivity contribution in [2.24, 2.45) is 5.10 Å². The molecule has 168 valence electrons. The molecule has 2 aromatic heterocycles. The van der Waals surface area contributed by atoms with E-state index < -0.39 is 5.91 Å². The van der Waals surface area contributed by atoms with Crippen LogP contribution in [-0.2, 0) is 0 Å². The maximum absolute atomic E-state index is 13.0. The fourth-order valence-corrected chi connectivity index (χ4v) is 3.24. The van der Waals surface area contributed by atoms with E-state index in [2.05, 4.69) is 35.8 Å². The van der Waals surface area contributed by atoms with Crippen LogP contribution in [0.15, 0.2) is 58.3 Å². The van der Waals surface area contributed by atoms with Gasteiger partial charge in [-0.1, -0.05) is 41.1 Å². The number of aromatic nitrogens is 5. The molecule has 0 spiro atoms. The van der Waals surface area contributed by atoms with Crippen LogP contribution in [0.4, 0.5) is 5.82 Å². The van der Waals surface area contributed by atoms with Gasteiger partial charge in [-0.15, -0.1) is 5.10 Å². The lowest BCUT2D eigenvalue weighted by Gasteiger charge is -2.08. The molecule has 0 fully saturated rings. The van der Waals surface area contributed by atoms with Gasteiger partial charge in [-0.25, -0.2) is 10.1 Å². The predicted molar refractivity (Wildman–Crippen MR) is 121 cm³/mol. The Morgan fingerprint density at radius 1 is 1.24 bits per heavy atom. The fourth-order valence-electron chi connectivity index (χ4n) is 3.05. The number of rotatable bonds is 7. The number of ether oxygens (including phenoxy) is 1. The molecule has 2 aromatic carbocycles. The van der Waals surface area contributed by atoms with Gasteiger partial charge >= 0.3 is 0 Å². The van der Waals surface area contributed by atoms with Crippen molar-refractivity contribution in [2.75, 3.05) is 12.3 Å². The largest absolute Gasteiger partial charge is 0.494 e. The molecule has 0 unspecified atom stereocenters. The Labute approximate surface area is 193 Å². The number of nitrogens with one attached hydrogen (secondary N) is 1. The fraction of sp³-hybridized carbons (Fsp3) is 0.143. The first-order valence-electron chi connectivity index (χ1n) is 9.85. The number of nitrogens with zero attached hydrogens (tertiary/aromatic N) is 6. The van der Waals surface area contributed by atoms with E-state index in [1.54, 1.807) is 49.4 Å². The maximum atomic E-state index is 13.0. The quantitative estimate of drug-likeness (QED) is 0.312. The van der Waals surface area contributed by atoms with Gasteiger partial charge in [-0.05, 0) is 54.0 Å². The average Bonchev–Trinajstić information content (AvgIpc) is 3.43. The molecule has 33 heavy (non-hydrogen) atoms. The van der Waals surface area contributed by atoms with E-state index in [0.717, 1.165) is 5.56 Å². The lowest BCUT2D eigenvalue weighted by molar-refractivity contribution is 0.0950. The summed E-state index contributed by atoms with van der Waals surface area (Å²) in [6, 6.07) is 14.2. The lowest BCUT2D eigenvalue weighted by atomic mass is 10.1. The first-order valence-corrected chi connectivity index (χ1v) is 10.2. The molecule has 0 bridgehead atoms. The summed E-state index contributed by atoms with van der Waals surface area (Å²) in [5, 5.41) is 20.2. The minimum atomic E-state index is -0.588. The second-order valence-electron chi connectivity index (χ2n) is 6.78. The smallest absolute Gasteiger partial charge is 0.294 e. The van der Waals surface area contributed by atoms with Gasteiger partial charge in [0.2, 0.25) is 11.6 Å². The van der Waals surface area contributed by atoms with Gasteiger partial charge in [0.1, 0.15) is 11.4 Å². The van der Waals surface area contributed by atoms with Crippen molar-refractivity contribution in [2.45, 2.75) is 13.8 Å². The van der Waals surface area contributed by atoms with Crippen LogP contribution < -0.4 is 15.9 Å². The van der Waals surface area contributed by atoms with Crippen LogP contribution in [0.2, 0.25) is 5.02 Å². The number of amides is 1. The first-order chi connectivity index (χ1) is 16.0. The highest BCUT2D eigenvalue weighted by molar-refractivity contribution is 6.31. The van der Waals surface area contributed by atoms with E-state index in [1.165, 1.54) is 4.68 Å². The number of hydrazone groups is 1. The van der Waals surface area contributed by atoms with Gasteiger partial charge < -0.3 is 10.5 Å². The molecule has 0 saturated carbocycles. The molecule has 0 saturated heterocycles. The third-order valence-electron chi connectivity index (χ3n) is 4.57.